The molecule has 0 radical (unpaired) electrons. The summed E-state index contributed by atoms with van der Waals surface area (Å²) in [6.45, 7) is 7.86. The van der Waals surface area contributed by atoms with Gasteiger partial charge in [-0.3, -0.25) is 0 Å². The Bertz CT molecular complexity index is 98.3. The summed E-state index contributed by atoms with van der Waals surface area (Å²) in [5, 5.41) is 0. The van der Waals surface area contributed by atoms with E-state index in [1.165, 1.54) is 0 Å². The van der Waals surface area contributed by atoms with Gasteiger partial charge in [0, 0.05) is 6.61 Å². The number of ether oxygens (including phenoxy) is 2. The first-order valence-corrected chi connectivity index (χ1v) is 3.83. The van der Waals surface area contributed by atoms with Crippen molar-refractivity contribution < 1.29 is 9.47 Å². The summed E-state index contributed by atoms with van der Waals surface area (Å²) in [6.07, 6.45) is 1.39. The van der Waals surface area contributed by atoms with E-state index in [4.69, 9.17) is 9.47 Å². The molecule has 1 aliphatic heterocycles. The number of hydrogen-bond acceptors (Lipinski definition) is 2. The second-order valence-corrected chi connectivity index (χ2v) is 3.72. The first kappa shape index (κ1) is 8.02. The van der Waals surface area contributed by atoms with E-state index < -0.39 is 0 Å². The second kappa shape index (κ2) is 2.89. The highest BCUT2D eigenvalue weighted by Crippen LogP contribution is 2.16. The van der Waals surface area contributed by atoms with Crippen LogP contribution in [0.3, 0.4) is 0 Å². The van der Waals surface area contributed by atoms with Gasteiger partial charge in [0.25, 0.3) is 0 Å². The molecule has 10 heavy (non-hydrogen) atoms. The van der Waals surface area contributed by atoms with Gasteiger partial charge >= 0.3 is 0 Å². The molecule has 0 bridgehead atoms. The van der Waals surface area contributed by atoms with Gasteiger partial charge in [-0.2, -0.15) is 0 Å². The fourth-order valence-corrected chi connectivity index (χ4v) is 1.11. The molecular formula is C8H16O2. The van der Waals surface area contributed by atoms with Crippen molar-refractivity contribution in [2.45, 2.75) is 38.9 Å². The first-order chi connectivity index (χ1) is 4.58. The van der Waals surface area contributed by atoms with E-state index in [0.717, 1.165) is 19.6 Å². The van der Waals surface area contributed by atoms with Crippen LogP contribution < -0.4 is 0 Å². The molecule has 1 heterocycles. The van der Waals surface area contributed by atoms with Crippen molar-refractivity contribution in [3.05, 3.63) is 0 Å². The van der Waals surface area contributed by atoms with Crippen LogP contribution in [-0.4, -0.2) is 24.9 Å². The maximum Gasteiger partial charge on any atom is 0.0837 e. The molecular weight excluding hydrogens is 128 g/mol. The lowest BCUT2D eigenvalue weighted by molar-refractivity contribution is -0.0605. The minimum Gasteiger partial charge on any atom is -0.379 e. The fraction of sp³-hybridized carbons (Fsp3) is 1.00. The normalized spacial score (nSPS) is 27.3. The topological polar surface area (TPSA) is 18.5 Å². The largest absolute Gasteiger partial charge is 0.379 e. The van der Waals surface area contributed by atoms with Gasteiger partial charge in [-0.05, 0) is 27.2 Å². The van der Waals surface area contributed by atoms with Crippen molar-refractivity contribution in [2.24, 2.45) is 0 Å². The molecule has 0 unspecified atom stereocenters. The smallest absolute Gasteiger partial charge is 0.0837 e. The van der Waals surface area contributed by atoms with Crippen LogP contribution in [0.2, 0.25) is 0 Å². The van der Waals surface area contributed by atoms with E-state index in [1.807, 2.05) is 0 Å². The zero-order valence-electron chi connectivity index (χ0n) is 7.02. The highest BCUT2D eigenvalue weighted by Gasteiger charge is 2.22. The summed E-state index contributed by atoms with van der Waals surface area (Å²) in [4.78, 5) is 0. The zero-order chi connectivity index (χ0) is 7.61. The molecule has 2 nitrogen and oxygen atoms in total. The Hall–Kier alpha value is -0.0800. The highest BCUT2D eigenvalue weighted by molar-refractivity contribution is 4.69. The van der Waals surface area contributed by atoms with Gasteiger partial charge in [-0.25, -0.2) is 0 Å². The monoisotopic (exact) mass is 144 g/mol. The van der Waals surface area contributed by atoms with Gasteiger partial charge in [0.15, 0.2) is 0 Å². The molecule has 1 atom stereocenters. The van der Waals surface area contributed by atoms with Crippen molar-refractivity contribution >= 4 is 0 Å². The maximum atomic E-state index is 5.67. The Morgan fingerprint density at radius 3 is 2.50 bits per heavy atom. The van der Waals surface area contributed by atoms with E-state index >= 15 is 0 Å². The summed E-state index contributed by atoms with van der Waals surface area (Å²) in [5.41, 5.74) is -0.0155. The molecule has 0 aromatic rings. The molecule has 1 rings (SSSR count). The van der Waals surface area contributed by atoms with E-state index in [1.54, 1.807) is 0 Å². The van der Waals surface area contributed by atoms with Crippen LogP contribution in [0, 0.1) is 0 Å². The quantitative estimate of drug-likeness (QED) is 0.556. The molecule has 0 aromatic carbocycles. The lowest BCUT2D eigenvalue weighted by atomic mass is 10.2. The lowest BCUT2D eigenvalue weighted by Gasteiger charge is -2.23. The molecule has 1 saturated heterocycles. The third-order valence-corrected chi connectivity index (χ3v) is 1.41. The average Bonchev–Trinajstić information content (AvgIpc) is 2.12. The predicted molar refractivity (Wildman–Crippen MR) is 40.1 cm³/mol. The summed E-state index contributed by atoms with van der Waals surface area (Å²) in [7, 11) is 0. The van der Waals surface area contributed by atoms with Gasteiger partial charge in [0.1, 0.15) is 0 Å². The fourth-order valence-electron chi connectivity index (χ4n) is 1.11. The summed E-state index contributed by atoms with van der Waals surface area (Å²) in [6, 6.07) is 0. The van der Waals surface area contributed by atoms with Crippen molar-refractivity contribution in [2.75, 3.05) is 13.2 Å². The first-order valence-electron chi connectivity index (χ1n) is 3.83. The van der Waals surface area contributed by atoms with E-state index in [0.29, 0.717) is 6.10 Å². The Balaban J connectivity index is 2.24. The minimum absolute atomic E-state index is 0.0155. The third-order valence-electron chi connectivity index (χ3n) is 1.41. The molecule has 0 spiro atoms. The summed E-state index contributed by atoms with van der Waals surface area (Å²) in [5.74, 6) is 0. The van der Waals surface area contributed by atoms with E-state index in [-0.39, 0.29) is 5.60 Å². The Morgan fingerprint density at radius 1 is 1.40 bits per heavy atom. The number of rotatable bonds is 1. The maximum absolute atomic E-state index is 5.67. The van der Waals surface area contributed by atoms with E-state index in [2.05, 4.69) is 20.8 Å². The summed E-state index contributed by atoms with van der Waals surface area (Å²) >= 11 is 0. The molecule has 1 fully saturated rings. The summed E-state index contributed by atoms with van der Waals surface area (Å²) < 4.78 is 10.9. The molecule has 0 aromatic heterocycles. The van der Waals surface area contributed by atoms with Crippen LogP contribution in [0.5, 0.6) is 0 Å². The average molecular weight is 144 g/mol. The lowest BCUT2D eigenvalue weighted by Crippen LogP contribution is -2.27. The Labute approximate surface area is 62.5 Å². The zero-order valence-corrected chi connectivity index (χ0v) is 7.02. The molecule has 0 aliphatic carbocycles. The van der Waals surface area contributed by atoms with Gasteiger partial charge in [0.2, 0.25) is 0 Å². The van der Waals surface area contributed by atoms with Gasteiger partial charge in [0.05, 0.1) is 18.3 Å². The molecule has 0 amide bonds. The van der Waals surface area contributed by atoms with Crippen LogP contribution in [0.15, 0.2) is 0 Å². The van der Waals surface area contributed by atoms with Gasteiger partial charge in [-0.1, -0.05) is 0 Å². The molecule has 0 N–H and O–H groups in total. The van der Waals surface area contributed by atoms with Crippen molar-refractivity contribution in [1.29, 1.82) is 0 Å². The Kier molecular flexibility index (Phi) is 2.32. The number of hydrogen-bond donors (Lipinski definition) is 0. The minimum atomic E-state index is -0.0155. The Morgan fingerprint density at radius 2 is 2.10 bits per heavy atom. The van der Waals surface area contributed by atoms with Gasteiger partial charge < -0.3 is 9.47 Å². The third kappa shape index (κ3) is 2.67. The van der Waals surface area contributed by atoms with Crippen LogP contribution in [0.25, 0.3) is 0 Å². The molecule has 60 valence electrons. The highest BCUT2D eigenvalue weighted by atomic mass is 16.6. The van der Waals surface area contributed by atoms with Crippen LogP contribution in [-0.2, 0) is 9.47 Å². The molecule has 2 heteroatoms. The van der Waals surface area contributed by atoms with Crippen LogP contribution in [0.4, 0.5) is 0 Å². The predicted octanol–water partition coefficient (Wildman–Crippen LogP) is 1.59. The molecule has 1 aliphatic rings. The van der Waals surface area contributed by atoms with Crippen LogP contribution >= 0.6 is 0 Å². The van der Waals surface area contributed by atoms with E-state index in [9.17, 15) is 0 Å². The van der Waals surface area contributed by atoms with Crippen LogP contribution in [0.1, 0.15) is 27.2 Å². The van der Waals surface area contributed by atoms with Crippen molar-refractivity contribution in [3.8, 4) is 0 Å². The van der Waals surface area contributed by atoms with Gasteiger partial charge in [-0.15, -0.1) is 0 Å². The van der Waals surface area contributed by atoms with Crippen molar-refractivity contribution in [1.82, 2.24) is 0 Å². The standard InChI is InChI=1S/C8H16O2/c1-8(2,3)10-7-4-5-9-6-7/h7H,4-6H2,1-3H3/t7-/m1/s1. The second-order valence-electron chi connectivity index (χ2n) is 3.72. The van der Waals surface area contributed by atoms with Crippen molar-refractivity contribution in [3.63, 3.8) is 0 Å². The SMILES string of the molecule is CC(C)(C)O[C@@H]1CCOC1. The molecule has 0 saturated carbocycles.